The highest BCUT2D eigenvalue weighted by molar-refractivity contribution is 7.99. The number of thioether (sulfide) groups is 2. The Balaban J connectivity index is 2.40. The minimum absolute atomic E-state index is 0.300. The molecule has 1 aliphatic carbocycles. The first-order valence-corrected chi connectivity index (χ1v) is 8.88. The van der Waals surface area contributed by atoms with E-state index in [1.165, 1.54) is 25.7 Å². The Bertz CT molecular complexity index is 174. The zero-order valence-corrected chi connectivity index (χ0v) is 12.1. The van der Waals surface area contributed by atoms with Gasteiger partial charge in [0, 0.05) is 29.7 Å². The molecule has 1 aliphatic rings. The Labute approximate surface area is 108 Å². The van der Waals surface area contributed by atoms with E-state index in [1.54, 1.807) is 0 Å². The van der Waals surface area contributed by atoms with Crippen LogP contribution in [0.25, 0.3) is 0 Å². The summed E-state index contributed by atoms with van der Waals surface area (Å²) in [4.78, 5) is 0. The van der Waals surface area contributed by atoms with Gasteiger partial charge in [-0.15, -0.1) is 0 Å². The summed E-state index contributed by atoms with van der Waals surface area (Å²) in [6.45, 7) is 0.300. The summed E-state index contributed by atoms with van der Waals surface area (Å²) in [6.07, 6.45) is 10.7. The number of hydrogen-bond donors (Lipinski definition) is 2. The van der Waals surface area contributed by atoms with Crippen LogP contribution in [0.15, 0.2) is 0 Å². The van der Waals surface area contributed by atoms with Crippen molar-refractivity contribution >= 4 is 23.5 Å². The van der Waals surface area contributed by atoms with Crippen molar-refractivity contribution in [2.24, 2.45) is 0 Å². The van der Waals surface area contributed by atoms with E-state index in [0.29, 0.717) is 18.7 Å². The van der Waals surface area contributed by atoms with E-state index in [-0.39, 0.29) is 0 Å². The van der Waals surface area contributed by atoms with E-state index >= 15 is 0 Å². The molecule has 0 spiro atoms. The third kappa shape index (κ3) is 4.86. The Morgan fingerprint density at radius 1 is 1.31 bits per heavy atom. The van der Waals surface area contributed by atoms with Gasteiger partial charge in [-0.1, -0.05) is 12.8 Å². The van der Waals surface area contributed by atoms with E-state index in [1.807, 2.05) is 23.5 Å². The van der Waals surface area contributed by atoms with Gasteiger partial charge in [0.05, 0.1) is 0 Å². The molecule has 0 amide bonds. The first kappa shape index (κ1) is 14.7. The Hall–Kier alpha value is 0.620. The Kier molecular flexibility index (Phi) is 7.96. The van der Waals surface area contributed by atoms with Gasteiger partial charge in [-0.3, -0.25) is 0 Å². The highest BCUT2D eigenvalue weighted by Gasteiger charge is 2.25. The lowest BCUT2D eigenvalue weighted by Gasteiger charge is -2.34. The monoisotopic (exact) mass is 263 g/mol. The van der Waals surface area contributed by atoms with Gasteiger partial charge < -0.3 is 10.4 Å². The smallest absolute Gasteiger partial charge is 0.0446 e. The van der Waals surface area contributed by atoms with E-state index < -0.39 is 0 Å². The number of rotatable bonds is 7. The minimum atomic E-state index is 0.300. The Morgan fingerprint density at radius 3 is 2.69 bits per heavy atom. The van der Waals surface area contributed by atoms with Crippen LogP contribution >= 0.6 is 23.5 Å². The average Bonchev–Trinajstić information content (AvgIpc) is 2.30. The third-order valence-corrected chi connectivity index (χ3v) is 5.21. The van der Waals surface area contributed by atoms with Gasteiger partial charge >= 0.3 is 0 Å². The van der Waals surface area contributed by atoms with Gasteiger partial charge in [-0.05, 0) is 31.8 Å². The van der Waals surface area contributed by atoms with Crippen molar-refractivity contribution in [3.8, 4) is 0 Å². The quantitative estimate of drug-likeness (QED) is 0.738. The molecule has 0 bridgehead atoms. The average molecular weight is 263 g/mol. The molecule has 2 nitrogen and oxygen atoms in total. The van der Waals surface area contributed by atoms with E-state index in [9.17, 15) is 0 Å². The first-order valence-electron chi connectivity index (χ1n) is 6.20. The lowest BCUT2D eigenvalue weighted by atomic mass is 9.94. The first-order chi connectivity index (χ1) is 7.81. The number of aliphatic hydroxyl groups is 1. The maximum atomic E-state index is 9.06. The van der Waals surface area contributed by atoms with Crippen molar-refractivity contribution in [1.82, 2.24) is 5.32 Å². The zero-order valence-electron chi connectivity index (χ0n) is 10.4. The number of nitrogens with one attached hydrogen (secondary N) is 1. The lowest BCUT2D eigenvalue weighted by Crippen LogP contribution is -2.47. The summed E-state index contributed by atoms with van der Waals surface area (Å²) in [5.74, 6) is 1.11. The van der Waals surface area contributed by atoms with Gasteiger partial charge in [-0.25, -0.2) is 0 Å². The normalized spacial score (nSPS) is 27.9. The molecule has 0 radical (unpaired) electrons. The zero-order chi connectivity index (χ0) is 11.8. The van der Waals surface area contributed by atoms with E-state index in [2.05, 4.69) is 17.8 Å². The van der Waals surface area contributed by atoms with Crippen molar-refractivity contribution in [2.75, 3.05) is 24.9 Å². The summed E-state index contributed by atoms with van der Waals surface area (Å²) in [7, 11) is 0. The van der Waals surface area contributed by atoms with Crippen LogP contribution < -0.4 is 5.32 Å². The summed E-state index contributed by atoms with van der Waals surface area (Å²) in [5.41, 5.74) is 0. The molecule has 0 aliphatic heterocycles. The molecule has 16 heavy (non-hydrogen) atoms. The fourth-order valence-electron chi connectivity index (χ4n) is 2.44. The lowest BCUT2D eigenvalue weighted by molar-refractivity contribution is 0.256. The van der Waals surface area contributed by atoms with Crippen LogP contribution in [-0.4, -0.2) is 47.3 Å². The van der Waals surface area contributed by atoms with Crippen LogP contribution in [0.3, 0.4) is 0 Å². The SMILES string of the molecule is CSCC(CCO)NC1CCCCC1SC. The summed E-state index contributed by atoms with van der Waals surface area (Å²) in [6, 6.07) is 1.14. The summed E-state index contributed by atoms with van der Waals surface area (Å²) < 4.78 is 0. The van der Waals surface area contributed by atoms with Gasteiger partial charge in [-0.2, -0.15) is 23.5 Å². The standard InChI is InChI=1S/C12H25NOS2/c1-15-9-10(7-8-14)13-11-5-3-4-6-12(11)16-2/h10-14H,3-9H2,1-2H3. The largest absolute Gasteiger partial charge is 0.396 e. The van der Waals surface area contributed by atoms with Crippen LogP contribution in [0.4, 0.5) is 0 Å². The van der Waals surface area contributed by atoms with Crippen molar-refractivity contribution in [3.05, 3.63) is 0 Å². The molecular weight excluding hydrogens is 238 g/mol. The van der Waals surface area contributed by atoms with Crippen molar-refractivity contribution in [3.63, 3.8) is 0 Å². The fourth-order valence-corrected chi connectivity index (χ4v) is 4.05. The maximum Gasteiger partial charge on any atom is 0.0446 e. The van der Waals surface area contributed by atoms with E-state index in [0.717, 1.165) is 17.4 Å². The van der Waals surface area contributed by atoms with Gasteiger partial charge in [0.15, 0.2) is 0 Å². The fraction of sp³-hybridized carbons (Fsp3) is 1.00. The highest BCUT2D eigenvalue weighted by atomic mass is 32.2. The predicted molar refractivity (Wildman–Crippen MR) is 76.6 cm³/mol. The number of aliphatic hydroxyl groups excluding tert-OH is 1. The van der Waals surface area contributed by atoms with Crippen molar-refractivity contribution in [2.45, 2.75) is 49.4 Å². The van der Waals surface area contributed by atoms with Crippen LogP contribution in [0.1, 0.15) is 32.1 Å². The van der Waals surface area contributed by atoms with Gasteiger partial charge in [0.2, 0.25) is 0 Å². The molecular formula is C12H25NOS2. The van der Waals surface area contributed by atoms with Gasteiger partial charge in [0.25, 0.3) is 0 Å². The highest BCUT2D eigenvalue weighted by Crippen LogP contribution is 2.27. The Morgan fingerprint density at radius 2 is 2.06 bits per heavy atom. The summed E-state index contributed by atoms with van der Waals surface area (Å²) >= 11 is 3.87. The van der Waals surface area contributed by atoms with Crippen molar-refractivity contribution < 1.29 is 5.11 Å². The second-order valence-electron chi connectivity index (χ2n) is 4.50. The molecule has 3 atom stereocenters. The van der Waals surface area contributed by atoms with Crippen LogP contribution in [0, 0.1) is 0 Å². The van der Waals surface area contributed by atoms with Gasteiger partial charge in [0.1, 0.15) is 0 Å². The molecule has 1 fully saturated rings. The molecule has 0 aromatic carbocycles. The molecule has 0 aromatic rings. The molecule has 4 heteroatoms. The topological polar surface area (TPSA) is 32.3 Å². The number of hydrogen-bond acceptors (Lipinski definition) is 4. The maximum absolute atomic E-state index is 9.06. The van der Waals surface area contributed by atoms with Crippen molar-refractivity contribution in [1.29, 1.82) is 0 Å². The molecule has 3 unspecified atom stereocenters. The minimum Gasteiger partial charge on any atom is -0.396 e. The molecule has 1 saturated carbocycles. The van der Waals surface area contributed by atoms with Crippen LogP contribution in [-0.2, 0) is 0 Å². The van der Waals surface area contributed by atoms with Crippen LogP contribution in [0.5, 0.6) is 0 Å². The van der Waals surface area contributed by atoms with E-state index in [4.69, 9.17) is 5.11 Å². The molecule has 0 aromatic heterocycles. The molecule has 1 rings (SSSR count). The molecule has 0 saturated heterocycles. The second kappa shape index (κ2) is 8.67. The third-order valence-electron chi connectivity index (χ3n) is 3.30. The predicted octanol–water partition coefficient (Wildman–Crippen LogP) is 2.36. The second-order valence-corrected chi connectivity index (χ2v) is 6.48. The molecule has 0 heterocycles. The molecule has 2 N–H and O–H groups in total. The van der Waals surface area contributed by atoms with Crippen LogP contribution in [0.2, 0.25) is 0 Å². The molecule has 96 valence electrons. The summed E-state index contributed by atoms with van der Waals surface area (Å²) in [5, 5.41) is 13.6.